The van der Waals surface area contributed by atoms with E-state index in [1.807, 2.05) is 24.3 Å². The molecule has 0 unspecified atom stereocenters. The van der Waals surface area contributed by atoms with Crippen molar-refractivity contribution in [2.45, 2.75) is 13.0 Å². The van der Waals surface area contributed by atoms with Gasteiger partial charge in [0.25, 0.3) is 5.91 Å². The summed E-state index contributed by atoms with van der Waals surface area (Å²) in [5.41, 5.74) is 4.11. The SMILES string of the molecule is CN1C(=O)Cc2cnc(Nc3ccc(C(=O)NCc4cc(F)ccc4F)cc3)nc2-c2ccccc21. The van der Waals surface area contributed by atoms with Gasteiger partial charge in [0.2, 0.25) is 11.9 Å². The molecule has 0 fully saturated rings. The van der Waals surface area contributed by atoms with Gasteiger partial charge in [-0.2, -0.15) is 0 Å². The Morgan fingerprint density at radius 1 is 1.06 bits per heavy atom. The molecule has 2 amide bonds. The van der Waals surface area contributed by atoms with E-state index in [0.717, 1.165) is 35.0 Å². The first-order valence-corrected chi connectivity index (χ1v) is 11.2. The predicted octanol–water partition coefficient (Wildman–Crippen LogP) is 4.61. The zero-order valence-electron chi connectivity index (χ0n) is 19.3. The van der Waals surface area contributed by atoms with Gasteiger partial charge in [-0.3, -0.25) is 9.59 Å². The summed E-state index contributed by atoms with van der Waals surface area (Å²) in [7, 11) is 1.74. The molecule has 2 N–H and O–H groups in total. The third-order valence-corrected chi connectivity index (χ3v) is 5.95. The molecule has 3 aromatic carbocycles. The maximum absolute atomic E-state index is 13.8. The van der Waals surface area contributed by atoms with Gasteiger partial charge in [-0.15, -0.1) is 0 Å². The number of nitrogens with zero attached hydrogens (tertiary/aromatic N) is 3. The number of carbonyl (C=O) groups is 2. The molecule has 0 saturated carbocycles. The van der Waals surface area contributed by atoms with Crippen LogP contribution in [0.25, 0.3) is 11.3 Å². The molecule has 36 heavy (non-hydrogen) atoms. The molecule has 0 aliphatic carbocycles. The van der Waals surface area contributed by atoms with Crippen molar-refractivity contribution in [3.05, 3.63) is 101 Å². The van der Waals surface area contributed by atoms with E-state index in [-0.39, 0.29) is 24.4 Å². The van der Waals surface area contributed by atoms with Crippen molar-refractivity contribution in [3.8, 4) is 11.3 Å². The maximum Gasteiger partial charge on any atom is 0.251 e. The highest BCUT2D eigenvalue weighted by Gasteiger charge is 2.24. The topological polar surface area (TPSA) is 87.2 Å². The highest BCUT2D eigenvalue weighted by Crippen LogP contribution is 2.35. The number of rotatable bonds is 5. The van der Waals surface area contributed by atoms with Crippen LogP contribution >= 0.6 is 0 Å². The van der Waals surface area contributed by atoms with Gasteiger partial charge in [0.15, 0.2) is 0 Å². The molecule has 5 rings (SSSR count). The van der Waals surface area contributed by atoms with Crippen molar-refractivity contribution in [1.29, 1.82) is 0 Å². The van der Waals surface area contributed by atoms with Crippen molar-refractivity contribution in [3.63, 3.8) is 0 Å². The number of carbonyl (C=O) groups excluding carboxylic acids is 2. The van der Waals surface area contributed by atoms with Crippen LogP contribution in [0.4, 0.5) is 26.1 Å². The lowest BCUT2D eigenvalue weighted by atomic mass is 10.1. The summed E-state index contributed by atoms with van der Waals surface area (Å²) in [5, 5.41) is 5.71. The fourth-order valence-electron chi connectivity index (χ4n) is 4.00. The zero-order valence-corrected chi connectivity index (χ0v) is 19.3. The van der Waals surface area contributed by atoms with Gasteiger partial charge in [0.05, 0.1) is 17.8 Å². The summed E-state index contributed by atoms with van der Waals surface area (Å²) in [4.78, 5) is 35.6. The van der Waals surface area contributed by atoms with E-state index in [9.17, 15) is 18.4 Å². The number of amides is 2. The van der Waals surface area contributed by atoms with Gasteiger partial charge in [-0.1, -0.05) is 18.2 Å². The van der Waals surface area contributed by atoms with Gasteiger partial charge < -0.3 is 15.5 Å². The third-order valence-electron chi connectivity index (χ3n) is 5.95. The van der Waals surface area contributed by atoms with Gasteiger partial charge in [0.1, 0.15) is 11.6 Å². The van der Waals surface area contributed by atoms with Gasteiger partial charge in [-0.25, -0.2) is 18.7 Å². The minimum atomic E-state index is -0.587. The second kappa shape index (κ2) is 9.53. The molecule has 180 valence electrons. The highest BCUT2D eigenvalue weighted by atomic mass is 19.1. The van der Waals surface area contributed by atoms with E-state index in [0.29, 0.717) is 22.9 Å². The summed E-state index contributed by atoms with van der Waals surface area (Å²) < 4.78 is 27.1. The number of likely N-dealkylation sites (N-methyl/N-ethyl adjacent to an activating group) is 1. The van der Waals surface area contributed by atoms with E-state index in [4.69, 9.17) is 0 Å². The molecule has 1 aromatic heterocycles. The monoisotopic (exact) mass is 485 g/mol. The van der Waals surface area contributed by atoms with Crippen molar-refractivity contribution in [2.24, 2.45) is 0 Å². The minimum Gasteiger partial charge on any atom is -0.348 e. The van der Waals surface area contributed by atoms with Crippen LogP contribution in [0.2, 0.25) is 0 Å². The largest absolute Gasteiger partial charge is 0.348 e. The quantitative estimate of drug-likeness (QED) is 0.431. The molecule has 1 aliphatic rings. The Morgan fingerprint density at radius 3 is 2.64 bits per heavy atom. The van der Waals surface area contributed by atoms with Crippen molar-refractivity contribution >= 4 is 29.1 Å². The Morgan fingerprint density at radius 2 is 1.83 bits per heavy atom. The number of halogens is 2. The van der Waals surface area contributed by atoms with Crippen LogP contribution in [-0.4, -0.2) is 28.8 Å². The van der Waals surface area contributed by atoms with Crippen LogP contribution in [0.5, 0.6) is 0 Å². The zero-order chi connectivity index (χ0) is 25.2. The van der Waals surface area contributed by atoms with Crippen LogP contribution in [-0.2, 0) is 17.8 Å². The first kappa shape index (κ1) is 23.1. The third kappa shape index (κ3) is 4.63. The predicted molar refractivity (Wildman–Crippen MR) is 132 cm³/mol. The summed E-state index contributed by atoms with van der Waals surface area (Å²) in [6.45, 7) is -0.134. The first-order valence-electron chi connectivity index (χ1n) is 11.2. The van der Waals surface area contributed by atoms with E-state index < -0.39 is 17.5 Å². The molecule has 0 radical (unpaired) electrons. The fraction of sp³-hybridized carbons (Fsp3) is 0.111. The maximum atomic E-state index is 13.8. The molecular formula is C27H21F2N5O2. The van der Waals surface area contributed by atoms with Gasteiger partial charge in [0, 0.05) is 47.7 Å². The summed E-state index contributed by atoms with van der Waals surface area (Å²) in [6, 6.07) is 17.3. The molecule has 2 heterocycles. The highest BCUT2D eigenvalue weighted by molar-refractivity contribution is 6.01. The van der Waals surface area contributed by atoms with E-state index in [1.165, 1.54) is 0 Å². The molecule has 0 atom stereocenters. The molecule has 9 heteroatoms. The smallest absolute Gasteiger partial charge is 0.251 e. The molecule has 7 nitrogen and oxygen atoms in total. The van der Waals surface area contributed by atoms with Gasteiger partial charge >= 0.3 is 0 Å². The standard InChI is InChI=1S/C27H21F2N5O2/c1-34-23-5-3-2-4-21(23)25-18(13-24(34)35)15-31-27(33-25)32-20-9-6-16(7-10-20)26(36)30-14-17-12-19(28)8-11-22(17)29/h2-12,15H,13-14H2,1H3,(H,30,36)(H,31,32,33). The molecule has 0 saturated heterocycles. The van der Waals surface area contributed by atoms with Crippen LogP contribution in [0.15, 0.2) is 72.9 Å². The van der Waals surface area contributed by atoms with Crippen LogP contribution < -0.4 is 15.5 Å². The van der Waals surface area contributed by atoms with Crippen molar-refractivity contribution < 1.29 is 18.4 Å². The van der Waals surface area contributed by atoms with Crippen LogP contribution in [0, 0.1) is 11.6 Å². The molecule has 0 spiro atoms. The number of para-hydroxylation sites is 1. The number of hydrogen-bond donors (Lipinski definition) is 2. The number of hydrogen-bond acceptors (Lipinski definition) is 5. The Balaban J connectivity index is 1.31. The Bertz CT molecular complexity index is 1470. The van der Waals surface area contributed by atoms with Crippen LogP contribution in [0.1, 0.15) is 21.5 Å². The average Bonchev–Trinajstić information content (AvgIpc) is 2.99. The Labute approximate surface area is 205 Å². The second-order valence-electron chi connectivity index (χ2n) is 8.33. The lowest BCUT2D eigenvalue weighted by molar-refractivity contribution is -0.117. The average molecular weight is 485 g/mol. The Kier molecular flexibility index (Phi) is 6.12. The number of fused-ring (bicyclic) bond motifs is 3. The van der Waals surface area contributed by atoms with E-state index in [2.05, 4.69) is 20.6 Å². The number of anilines is 3. The van der Waals surface area contributed by atoms with Gasteiger partial charge in [-0.05, 0) is 48.5 Å². The lowest BCUT2D eigenvalue weighted by Crippen LogP contribution is -2.26. The summed E-state index contributed by atoms with van der Waals surface area (Å²) in [6.07, 6.45) is 1.84. The first-order chi connectivity index (χ1) is 17.4. The van der Waals surface area contributed by atoms with Crippen LogP contribution in [0.3, 0.4) is 0 Å². The molecule has 1 aliphatic heterocycles. The molecule has 4 aromatic rings. The van der Waals surface area contributed by atoms with Crippen molar-refractivity contribution in [1.82, 2.24) is 15.3 Å². The fourth-order valence-corrected chi connectivity index (χ4v) is 4.00. The number of nitrogens with one attached hydrogen (secondary N) is 2. The number of benzene rings is 3. The second-order valence-corrected chi connectivity index (χ2v) is 8.33. The molecular weight excluding hydrogens is 464 g/mol. The Hall–Kier alpha value is -4.66. The van der Waals surface area contributed by atoms with Crippen molar-refractivity contribution in [2.75, 3.05) is 17.3 Å². The summed E-state index contributed by atoms with van der Waals surface area (Å²) in [5.74, 6) is -1.27. The minimum absolute atomic E-state index is 0.0421. The van der Waals surface area contributed by atoms with E-state index >= 15 is 0 Å². The molecule has 0 bridgehead atoms. The lowest BCUT2D eigenvalue weighted by Gasteiger charge is -2.16. The normalized spacial score (nSPS) is 12.4. The van der Waals surface area contributed by atoms with E-state index in [1.54, 1.807) is 42.4 Å². The summed E-state index contributed by atoms with van der Waals surface area (Å²) >= 11 is 0. The number of aromatic nitrogens is 2.